The summed E-state index contributed by atoms with van der Waals surface area (Å²) < 4.78 is 5.26. The molecular formula is C19H18N2O4. The summed E-state index contributed by atoms with van der Waals surface area (Å²) in [6.07, 6.45) is 0.749. The van der Waals surface area contributed by atoms with Gasteiger partial charge in [-0.15, -0.1) is 0 Å². The lowest BCUT2D eigenvalue weighted by molar-refractivity contribution is -0.384. The van der Waals surface area contributed by atoms with Crippen LogP contribution in [0.5, 0.6) is 0 Å². The number of carbonyl (C=O) groups is 1. The number of fused-ring (bicyclic) bond motifs is 5. The number of rotatable bonds is 3. The monoisotopic (exact) mass is 338 g/mol. The van der Waals surface area contributed by atoms with Crippen molar-refractivity contribution in [3.8, 4) is 0 Å². The van der Waals surface area contributed by atoms with Gasteiger partial charge in [-0.2, -0.15) is 0 Å². The molecule has 2 aromatic rings. The summed E-state index contributed by atoms with van der Waals surface area (Å²) >= 11 is 0. The third kappa shape index (κ3) is 2.45. The first-order valence-corrected chi connectivity index (χ1v) is 8.39. The van der Waals surface area contributed by atoms with Crippen molar-refractivity contribution in [1.82, 2.24) is 0 Å². The minimum Gasteiger partial charge on any atom is -0.464 e. The molecule has 0 bridgehead atoms. The van der Waals surface area contributed by atoms with Gasteiger partial charge in [0.2, 0.25) is 0 Å². The van der Waals surface area contributed by atoms with E-state index >= 15 is 0 Å². The normalized spacial score (nSPS) is 23.0. The molecule has 2 unspecified atom stereocenters. The van der Waals surface area contributed by atoms with Gasteiger partial charge in [0.15, 0.2) is 0 Å². The van der Waals surface area contributed by atoms with Crippen molar-refractivity contribution in [3.63, 3.8) is 0 Å². The summed E-state index contributed by atoms with van der Waals surface area (Å²) in [7, 11) is 0. The van der Waals surface area contributed by atoms with E-state index in [0.29, 0.717) is 6.61 Å². The minimum absolute atomic E-state index is 0.00838. The van der Waals surface area contributed by atoms with E-state index in [2.05, 4.69) is 17.4 Å². The van der Waals surface area contributed by atoms with Gasteiger partial charge in [-0.05, 0) is 36.1 Å². The number of carbonyl (C=O) groups excluding carboxylic acids is 1. The summed E-state index contributed by atoms with van der Waals surface area (Å²) in [5.41, 5.74) is 4.04. The van der Waals surface area contributed by atoms with Crippen LogP contribution in [0.4, 0.5) is 11.4 Å². The van der Waals surface area contributed by atoms with Crippen molar-refractivity contribution >= 4 is 17.3 Å². The number of anilines is 1. The molecule has 1 N–H and O–H groups in total. The summed E-state index contributed by atoms with van der Waals surface area (Å²) in [5.74, 6) is -0.318. The van der Waals surface area contributed by atoms with Crippen LogP contribution in [0.2, 0.25) is 0 Å². The summed E-state index contributed by atoms with van der Waals surface area (Å²) in [6.45, 7) is 2.12. The van der Waals surface area contributed by atoms with E-state index in [1.54, 1.807) is 19.1 Å². The number of ether oxygens (including phenoxy) is 1. The largest absolute Gasteiger partial charge is 0.464 e. The second-order valence-electron chi connectivity index (χ2n) is 6.45. The van der Waals surface area contributed by atoms with E-state index in [1.165, 1.54) is 11.6 Å². The molecule has 6 heteroatoms. The van der Waals surface area contributed by atoms with Gasteiger partial charge in [-0.3, -0.25) is 10.1 Å². The van der Waals surface area contributed by atoms with E-state index in [0.717, 1.165) is 23.2 Å². The number of nitro benzene ring substituents is 1. The highest BCUT2D eigenvalue weighted by atomic mass is 16.6. The van der Waals surface area contributed by atoms with Crippen molar-refractivity contribution in [2.75, 3.05) is 11.9 Å². The smallest absolute Gasteiger partial charge is 0.328 e. The molecule has 0 fully saturated rings. The van der Waals surface area contributed by atoms with Gasteiger partial charge in [0.25, 0.3) is 5.69 Å². The highest BCUT2D eigenvalue weighted by Gasteiger charge is 2.46. The van der Waals surface area contributed by atoms with Crippen LogP contribution in [-0.4, -0.2) is 23.5 Å². The average molecular weight is 338 g/mol. The van der Waals surface area contributed by atoms with Gasteiger partial charge in [0.1, 0.15) is 6.04 Å². The van der Waals surface area contributed by atoms with E-state index in [-0.39, 0.29) is 28.4 Å². The Hall–Kier alpha value is -2.89. The highest BCUT2D eigenvalue weighted by molar-refractivity contribution is 5.83. The maximum atomic E-state index is 12.5. The van der Waals surface area contributed by atoms with Crippen molar-refractivity contribution in [1.29, 1.82) is 0 Å². The molecular weight excluding hydrogens is 320 g/mol. The fourth-order valence-corrected chi connectivity index (χ4v) is 4.13. The van der Waals surface area contributed by atoms with E-state index in [1.807, 2.05) is 12.1 Å². The Bertz CT molecular complexity index is 864. The number of benzene rings is 2. The zero-order valence-corrected chi connectivity index (χ0v) is 13.8. The molecule has 0 aromatic heterocycles. The molecule has 0 amide bonds. The molecule has 0 radical (unpaired) electrons. The SMILES string of the molecule is CCOC(=O)[C@H]1Nc2ccc([N+](=O)[O-])cc2C2c3ccccc3CC21. The maximum absolute atomic E-state index is 12.5. The van der Waals surface area contributed by atoms with Crippen molar-refractivity contribution in [3.05, 3.63) is 69.3 Å². The number of nitrogens with zero attached hydrogens (tertiary/aromatic N) is 1. The Balaban J connectivity index is 1.85. The second-order valence-corrected chi connectivity index (χ2v) is 6.45. The van der Waals surface area contributed by atoms with Crippen molar-refractivity contribution in [2.24, 2.45) is 5.92 Å². The van der Waals surface area contributed by atoms with Crippen LogP contribution in [0, 0.1) is 16.0 Å². The van der Waals surface area contributed by atoms with Crippen LogP contribution < -0.4 is 5.32 Å². The fraction of sp³-hybridized carbons (Fsp3) is 0.316. The van der Waals surface area contributed by atoms with Gasteiger partial charge in [-0.1, -0.05) is 24.3 Å². The lowest BCUT2D eigenvalue weighted by Crippen LogP contribution is -2.43. The van der Waals surface area contributed by atoms with Crippen LogP contribution in [0.25, 0.3) is 0 Å². The van der Waals surface area contributed by atoms with Gasteiger partial charge in [-0.25, -0.2) is 4.79 Å². The average Bonchev–Trinajstić information content (AvgIpc) is 3.00. The fourth-order valence-electron chi connectivity index (χ4n) is 4.13. The standard InChI is InChI=1S/C19H18N2O4/c1-2-25-19(22)18-15-9-11-5-3-4-6-13(11)17(15)14-10-12(21(23)24)7-8-16(14)20-18/h3-8,10,15,17-18,20H,2,9H2,1H3/t15?,17?,18-/m0/s1. The molecule has 128 valence electrons. The zero-order valence-electron chi connectivity index (χ0n) is 13.8. The van der Waals surface area contributed by atoms with Crippen LogP contribution in [0.3, 0.4) is 0 Å². The Kier molecular flexibility index (Phi) is 3.67. The molecule has 2 aliphatic rings. The first-order valence-electron chi connectivity index (χ1n) is 8.39. The lowest BCUT2D eigenvalue weighted by atomic mass is 9.77. The molecule has 25 heavy (non-hydrogen) atoms. The molecule has 6 nitrogen and oxygen atoms in total. The Morgan fingerprint density at radius 1 is 1.28 bits per heavy atom. The molecule has 0 saturated heterocycles. The van der Waals surface area contributed by atoms with Crippen LogP contribution in [-0.2, 0) is 16.0 Å². The molecule has 1 aliphatic carbocycles. The van der Waals surface area contributed by atoms with E-state index < -0.39 is 6.04 Å². The lowest BCUT2D eigenvalue weighted by Gasteiger charge is -2.35. The van der Waals surface area contributed by atoms with Gasteiger partial charge in [0, 0.05) is 29.7 Å². The molecule has 3 atom stereocenters. The maximum Gasteiger partial charge on any atom is 0.328 e. The molecule has 0 saturated carbocycles. The first-order chi connectivity index (χ1) is 12.1. The number of nitro groups is 1. The summed E-state index contributed by atoms with van der Waals surface area (Å²) in [5, 5.41) is 14.5. The van der Waals surface area contributed by atoms with Crippen LogP contribution in [0.15, 0.2) is 42.5 Å². The van der Waals surface area contributed by atoms with Crippen LogP contribution in [0.1, 0.15) is 29.5 Å². The number of esters is 1. The Morgan fingerprint density at radius 2 is 2.08 bits per heavy atom. The second kappa shape index (κ2) is 5.88. The molecule has 1 heterocycles. The van der Waals surface area contributed by atoms with Gasteiger partial charge < -0.3 is 10.1 Å². The molecule has 4 rings (SSSR count). The van der Waals surface area contributed by atoms with Crippen LogP contribution >= 0.6 is 0 Å². The predicted molar refractivity (Wildman–Crippen MR) is 92.6 cm³/mol. The summed E-state index contributed by atoms with van der Waals surface area (Å²) in [6, 6.07) is 12.4. The molecule has 1 aliphatic heterocycles. The highest BCUT2D eigenvalue weighted by Crippen LogP contribution is 2.50. The summed E-state index contributed by atoms with van der Waals surface area (Å²) in [4.78, 5) is 23.3. The van der Waals surface area contributed by atoms with Gasteiger partial charge in [0.05, 0.1) is 11.5 Å². The first kappa shape index (κ1) is 15.6. The molecule has 0 spiro atoms. The Morgan fingerprint density at radius 3 is 2.84 bits per heavy atom. The quantitative estimate of drug-likeness (QED) is 0.528. The van der Waals surface area contributed by atoms with Crippen molar-refractivity contribution < 1.29 is 14.5 Å². The van der Waals surface area contributed by atoms with Gasteiger partial charge >= 0.3 is 5.97 Å². The minimum atomic E-state index is -0.452. The zero-order chi connectivity index (χ0) is 17.6. The predicted octanol–water partition coefficient (Wildman–Crippen LogP) is 3.26. The van der Waals surface area contributed by atoms with E-state index in [9.17, 15) is 14.9 Å². The number of hydrogen-bond donors (Lipinski definition) is 1. The Labute approximate surface area is 145 Å². The van der Waals surface area contributed by atoms with E-state index in [4.69, 9.17) is 4.74 Å². The topological polar surface area (TPSA) is 81.5 Å². The third-order valence-electron chi connectivity index (χ3n) is 5.13. The number of non-ortho nitro benzene ring substituents is 1. The number of hydrogen-bond acceptors (Lipinski definition) is 5. The third-order valence-corrected chi connectivity index (χ3v) is 5.13. The van der Waals surface area contributed by atoms with Crippen molar-refractivity contribution in [2.45, 2.75) is 25.3 Å². The molecule has 2 aromatic carbocycles. The number of nitrogens with one attached hydrogen (secondary N) is 1.